The molecule has 0 aromatic heterocycles. The molecule has 0 bridgehead atoms. The molecule has 7 nitrogen and oxygen atoms in total. The molecule has 20 heavy (non-hydrogen) atoms. The smallest absolute Gasteiger partial charge is 0.311 e. The van der Waals surface area contributed by atoms with Crippen LogP contribution in [0.5, 0.6) is 11.5 Å². The maximum absolute atomic E-state index is 10.7. The lowest BCUT2D eigenvalue weighted by Gasteiger charge is -2.02. The van der Waals surface area contributed by atoms with Crippen molar-refractivity contribution in [2.45, 2.75) is 0 Å². The number of nitro benzene ring substituents is 1. The van der Waals surface area contributed by atoms with Crippen LogP contribution in [0.1, 0.15) is 5.56 Å². The number of anilines is 1. The molecule has 0 atom stereocenters. The van der Waals surface area contributed by atoms with E-state index in [2.05, 4.69) is 10.5 Å². The van der Waals surface area contributed by atoms with E-state index in [1.807, 2.05) is 18.2 Å². The quantitative estimate of drug-likeness (QED) is 0.450. The molecule has 3 N–H and O–H groups in total. The summed E-state index contributed by atoms with van der Waals surface area (Å²) in [6.07, 6.45) is 1.23. The van der Waals surface area contributed by atoms with Gasteiger partial charge in [0.2, 0.25) is 0 Å². The number of hydrogen-bond acceptors (Lipinski definition) is 6. The van der Waals surface area contributed by atoms with Crippen LogP contribution in [0.15, 0.2) is 47.6 Å². The van der Waals surface area contributed by atoms with Crippen LogP contribution in [0, 0.1) is 10.1 Å². The number of nitrogens with zero attached hydrogens (tertiary/aromatic N) is 2. The first-order chi connectivity index (χ1) is 9.58. The monoisotopic (exact) mass is 273 g/mol. The normalized spacial score (nSPS) is 10.6. The van der Waals surface area contributed by atoms with Gasteiger partial charge in [-0.25, -0.2) is 0 Å². The van der Waals surface area contributed by atoms with Crippen molar-refractivity contribution >= 4 is 17.6 Å². The van der Waals surface area contributed by atoms with Gasteiger partial charge in [-0.3, -0.25) is 15.5 Å². The largest absolute Gasteiger partial charge is 0.507 e. The lowest BCUT2D eigenvalue weighted by molar-refractivity contribution is -0.385. The van der Waals surface area contributed by atoms with Crippen LogP contribution in [-0.4, -0.2) is 21.4 Å². The van der Waals surface area contributed by atoms with E-state index in [1.165, 1.54) is 6.21 Å². The molecule has 7 heteroatoms. The molecule has 2 rings (SSSR count). The summed E-state index contributed by atoms with van der Waals surface area (Å²) < 4.78 is 0. The number of nitro groups is 1. The Bertz CT molecular complexity index is 656. The Hall–Kier alpha value is -3.09. The highest BCUT2D eigenvalue weighted by molar-refractivity contribution is 5.86. The fraction of sp³-hybridized carbons (Fsp3) is 0. The second-order valence-corrected chi connectivity index (χ2v) is 3.89. The molecule has 0 radical (unpaired) electrons. The lowest BCUT2D eigenvalue weighted by Crippen LogP contribution is -1.94. The number of nitrogens with one attached hydrogen (secondary N) is 1. The molecule has 0 aliphatic heterocycles. The molecule has 0 saturated heterocycles. The van der Waals surface area contributed by atoms with Gasteiger partial charge in [-0.15, -0.1) is 0 Å². The van der Waals surface area contributed by atoms with Crippen molar-refractivity contribution in [2.75, 3.05) is 5.43 Å². The zero-order valence-corrected chi connectivity index (χ0v) is 10.2. The van der Waals surface area contributed by atoms with Crippen molar-refractivity contribution in [1.29, 1.82) is 0 Å². The van der Waals surface area contributed by atoms with Gasteiger partial charge in [-0.1, -0.05) is 18.2 Å². The van der Waals surface area contributed by atoms with Crippen LogP contribution >= 0.6 is 0 Å². The Morgan fingerprint density at radius 2 is 1.85 bits per heavy atom. The Labute approximate surface area is 114 Å². The number of hydrazone groups is 1. The molecule has 102 valence electrons. The summed E-state index contributed by atoms with van der Waals surface area (Å²) in [5, 5.41) is 33.5. The zero-order valence-electron chi connectivity index (χ0n) is 10.2. The van der Waals surface area contributed by atoms with E-state index in [4.69, 9.17) is 0 Å². The molecule has 0 heterocycles. The van der Waals surface area contributed by atoms with Crippen LogP contribution in [0.4, 0.5) is 11.4 Å². The molecular weight excluding hydrogens is 262 g/mol. The number of phenols is 2. The van der Waals surface area contributed by atoms with Crippen LogP contribution in [-0.2, 0) is 0 Å². The second-order valence-electron chi connectivity index (χ2n) is 3.89. The molecule has 2 aromatic rings. The van der Waals surface area contributed by atoms with Gasteiger partial charge in [0, 0.05) is 17.7 Å². The predicted molar refractivity (Wildman–Crippen MR) is 74.1 cm³/mol. The number of phenolic OH excluding ortho intramolecular Hbond substituents is 2. The predicted octanol–water partition coefficient (Wildman–Crippen LogP) is 2.45. The summed E-state index contributed by atoms with van der Waals surface area (Å²) in [4.78, 5) is 9.95. The average Bonchev–Trinajstić information content (AvgIpc) is 2.42. The Morgan fingerprint density at radius 1 is 1.15 bits per heavy atom. The third kappa shape index (κ3) is 3.02. The maximum atomic E-state index is 10.7. The summed E-state index contributed by atoms with van der Waals surface area (Å²) in [6.45, 7) is 0. The summed E-state index contributed by atoms with van der Waals surface area (Å²) >= 11 is 0. The summed E-state index contributed by atoms with van der Waals surface area (Å²) in [7, 11) is 0. The zero-order chi connectivity index (χ0) is 14.5. The highest BCUT2D eigenvalue weighted by atomic mass is 16.6. The van der Waals surface area contributed by atoms with Gasteiger partial charge in [0.15, 0.2) is 5.75 Å². The molecule has 0 aliphatic rings. The van der Waals surface area contributed by atoms with Gasteiger partial charge in [-0.2, -0.15) is 5.10 Å². The maximum Gasteiger partial charge on any atom is 0.311 e. The molecule has 2 aromatic carbocycles. The summed E-state index contributed by atoms with van der Waals surface area (Å²) in [5.41, 5.74) is 3.07. The second kappa shape index (κ2) is 5.70. The van der Waals surface area contributed by atoms with Gasteiger partial charge < -0.3 is 10.2 Å². The van der Waals surface area contributed by atoms with Crippen molar-refractivity contribution in [3.8, 4) is 11.5 Å². The number of hydrogen-bond donors (Lipinski definition) is 3. The van der Waals surface area contributed by atoms with Gasteiger partial charge in [0.25, 0.3) is 0 Å². The van der Waals surface area contributed by atoms with E-state index in [-0.39, 0.29) is 11.3 Å². The first kappa shape index (κ1) is 13.3. The van der Waals surface area contributed by atoms with Gasteiger partial charge >= 0.3 is 5.69 Å². The number of benzene rings is 2. The number of rotatable bonds is 4. The highest BCUT2D eigenvalue weighted by Gasteiger charge is 2.16. The molecular formula is C13H11N3O4. The van der Waals surface area contributed by atoms with E-state index in [0.29, 0.717) is 0 Å². The Balaban J connectivity index is 2.21. The van der Waals surface area contributed by atoms with Crippen LogP contribution in [0.25, 0.3) is 0 Å². The standard InChI is InChI=1S/C13H11N3O4/c17-12-7-13(18)11(16(19)20)6-9(12)8-14-15-10-4-2-1-3-5-10/h1-8,15,17-18H. The highest BCUT2D eigenvalue weighted by Crippen LogP contribution is 2.31. The fourth-order valence-electron chi connectivity index (χ4n) is 1.52. The SMILES string of the molecule is O=[N+]([O-])c1cc(C=NNc2ccccc2)c(O)cc1O. The third-order valence-electron chi connectivity index (χ3n) is 2.49. The van der Waals surface area contributed by atoms with Crippen LogP contribution < -0.4 is 5.43 Å². The third-order valence-corrected chi connectivity index (χ3v) is 2.49. The minimum atomic E-state index is -0.739. The number of aromatic hydroxyl groups is 2. The van der Waals surface area contributed by atoms with E-state index < -0.39 is 16.4 Å². The minimum Gasteiger partial charge on any atom is -0.507 e. The van der Waals surface area contributed by atoms with Gasteiger partial charge in [-0.05, 0) is 12.1 Å². The van der Waals surface area contributed by atoms with E-state index in [1.54, 1.807) is 12.1 Å². The molecule has 0 amide bonds. The van der Waals surface area contributed by atoms with E-state index in [9.17, 15) is 20.3 Å². The molecule has 0 saturated carbocycles. The average molecular weight is 273 g/mol. The topological polar surface area (TPSA) is 108 Å². The first-order valence-corrected chi connectivity index (χ1v) is 5.62. The van der Waals surface area contributed by atoms with Gasteiger partial charge in [0.1, 0.15) is 5.75 Å². The van der Waals surface area contributed by atoms with Crippen molar-refractivity contribution in [3.05, 3.63) is 58.1 Å². The first-order valence-electron chi connectivity index (χ1n) is 5.62. The molecule has 0 unspecified atom stereocenters. The Morgan fingerprint density at radius 3 is 2.50 bits per heavy atom. The molecule has 0 spiro atoms. The summed E-state index contributed by atoms with van der Waals surface area (Å²) in [5.74, 6) is -0.896. The fourth-order valence-corrected chi connectivity index (χ4v) is 1.52. The Kier molecular flexibility index (Phi) is 3.80. The molecule has 0 fully saturated rings. The van der Waals surface area contributed by atoms with E-state index >= 15 is 0 Å². The molecule has 0 aliphatic carbocycles. The van der Waals surface area contributed by atoms with Crippen LogP contribution in [0.2, 0.25) is 0 Å². The van der Waals surface area contributed by atoms with Crippen molar-refractivity contribution in [2.24, 2.45) is 5.10 Å². The number of para-hydroxylation sites is 1. The van der Waals surface area contributed by atoms with Crippen molar-refractivity contribution in [1.82, 2.24) is 0 Å². The van der Waals surface area contributed by atoms with Crippen molar-refractivity contribution in [3.63, 3.8) is 0 Å². The lowest BCUT2D eigenvalue weighted by atomic mass is 10.2. The van der Waals surface area contributed by atoms with E-state index in [0.717, 1.165) is 17.8 Å². The van der Waals surface area contributed by atoms with Crippen LogP contribution in [0.3, 0.4) is 0 Å². The van der Waals surface area contributed by atoms with Crippen molar-refractivity contribution < 1.29 is 15.1 Å². The summed E-state index contributed by atoms with van der Waals surface area (Å²) in [6, 6.07) is 11.0. The van der Waals surface area contributed by atoms with Gasteiger partial charge in [0.05, 0.1) is 16.8 Å². The minimum absolute atomic E-state index is 0.123.